The van der Waals surface area contributed by atoms with Crippen LogP contribution in [0.25, 0.3) is 0 Å². The molecule has 0 saturated carbocycles. The number of ether oxygens (including phenoxy) is 3. The van der Waals surface area contributed by atoms with E-state index in [1.165, 1.54) is 11.3 Å². The molecule has 0 aliphatic carbocycles. The molecule has 0 atom stereocenters. The molecular weight excluding hydrogens is 378 g/mol. The number of amides is 1. The van der Waals surface area contributed by atoms with Crippen LogP contribution < -0.4 is 24.8 Å². The molecule has 144 valence electrons. The summed E-state index contributed by atoms with van der Waals surface area (Å²) in [5.74, 6) is 1.72. The fourth-order valence-corrected chi connectivity index (χ4v) is 3.36. The number of nitrogens with zero attached hydrogens (tertiary/aromatic N) is 1. The molecule has 0 radical (unpaired) electrons. The lowest BCUT2D eigenvalue weighted by atomic mass is 10.2. The molecule has 1 aliphatic heterocycles. The average molecular weight is 397 g/mol. The SMILES string of the molecule is CC(C)Oc1ccccc1NC(=O)c1csc(Nc2ccc3c(c2)OCO3)n1. The van der Waals surface area contributed by atoms with Gasteiger partial charge in [-0.3, -0.25) is 4.79 Å². The maximum Gasteiger partial charge on any atom is 0.275 e. The number of hydrogen-bond donors (Lipinski definition) is 2. The predicted octanol–water partition coefficient (Wildman–Crippen LogP) is 4.65. The molecule has 4 rings (SSSR count). The Morgan fingerprint density at radius 2 is 2.00 bits per heavy atom. The maximum atomic E-state index is 12.6. The number of carbonyl (C=O) groups is 1. The number of benzene rings is 2. The van der Waals surface area contributed by atoms with Crippen molar-refractivity contribution in [2.45, 2.75) is 20.0 Å². The first-order chi connectivity index (χ1) is 13.6. The van der Waals surface area contributed by atoms with E-state index in [1.54, 1.807) is 11.4 Å². The lowest BCUT2D eigenvalue weighted by Gasteiger charge is -2.14. The molecule has 1 aliphatic rings. The van der Waals surface area contributed by atoms with Gasteiger partial charge in [0.15, 0.2) is 16.6 Å². The highest BCUT2D eigenvalue weighted by atomic mass is 32.1. The van der Waals surface area contributed by atoms with Gasteiger partial charge in [0.25, 0.3) is 5.91 Å². The van der Waals surface area contributed by atoms with Gasteiger partial charge < -0.3 is 24.8 Å². The second-order valence-corrected chi connectivity index (χ2v) is 7.21. The van der Waals surface area contributed by atoms with Crippen molar-refractivity contribution in [3.63, 3.8) is 0 Å². The largest absolute Gasteiger partial charge is 0.489 e. The van der Waals surface area contributed by atoms with Crippen molar-refractivity contribution in [1.82, 2.24) is 4.98 Å². The highest BCUT2D eigenvalue weighted by Crippen LogP contribution is 2.35. The summed E-state index contributed by atoms with van der Waals surface area (Å²) in [7, 11) is 0. The number of anilines is 3. The van der Waals surface area contributed by atoms with Crippen LogP contribution in [0.5, 0.6) is 17.2 Å². The zero-order chi connectivity index (χ0) is 19.5. The Bertz CT molecular complexity index is 1000. The van der Waals surface area contributed by atoms with E-state index in [-0.39, 0.29) is 18.8 Å². The van der Waals surface area contributed by atoms with Gasteiger partial charge in [0, 0.05) is 17.1 Å². The number of carbonyl (C=O) groups excluding carboxylic acids is 1. The molecule has 3 aromatic rings. The standard InChI is InChI=1S/C20H19N3O4S/c1-12(2)27-16-6-4-3-5-14(16)22-19(24)15-10-28-20(23-15)21-13-7-8-17-18(9-13)26-11-25-17/h3-10,12H,11H2,1-2H3,(H,21,23)(H,22,24). The van der Waals surface area contributed by atoms with E-state index < -0.39 is 0 Å². The minimum atomic E-state index is -0.296. The summed E-state index contributed by atoms with van der Waals surface area (Å²) in [6, 6.07) is 12.9. The number of thiazole rings is 1. The molecule has 1 aromatic heterocycles. The van der Waals surface area contributed by atoms with E-state index in [2.05, 4.69) is 15.6 Å². The quantitative estimate of drug-likeness (QED) is 0.630. The molecule has 28 heavy (non-hydrogen) atoms. The van der Waals surface area contributed by atoms with Crippen molar-refractivity contribution < 1.29 is 19.0 Å². The van der Waals surface area contributed by atoms with Crippen LogP contribution in [0.1, 0.15) is 24.3 Å². The number of fused-ring (bicyclic) bond motifs is 1. The number of nitrogens with one attached hydrogen (secondary N) is 2. The summed E-state index contributed by atoms with van der Waals surface area (Å²) in [4.78, 5) is 17.0. The Kier molecular flexibility index (Phi) is 5.03. The molecular formula is C20H19N3O4S. The van der Waals surface area contributed by atoms with E-state index in [0.29, 0.717) is 33.8 Å². The summed E-state index contributed by atoms with van der Waals surface area (Å²) in [5.41, 5.74) is 1.74. The Morgan fingerprint density at radius 3 is 2.86 bits per heavy atom. The molecule has 2 N–H and O–H groups in total. The number of hydrogen-bond acceptors (Lipinski definition) is 7. The molecule has 0 spiro atoms. The summed E-state index contributed by atoms with van der Waals surface area (Å²) in [6.45, 7) is 4.10. The van der Waals surface area contributed by atoms with Gasteiger partial charge in [-0.2, -0.15) is 0 Å². The zero-order valence-corrected chi connectivity index (χ0v) is 16.2. The van der Waals surface area contributed by atoms with E-state index >= 15 is 0 Å². The Morgan fingerprint density at radius 1 is 1.18 bits per heavy atom. The third-order valence-electron chi connectivity index (χ3n) is 3.86. The van der Waals surface area contributed by atoms with Gasteiger partial charge in [0.1, 0.15) is 11.4 Å². The average Bonchev–Trinajstić information content (AvgIpc) is 3.32. The third-order valence-corrected chi connectivity index (χ3v) is 4.62. The van der Waals surface area contributed by atoms with Crippen LogP contribution >= 0.6 is 11.3 Å². The van der Waals surface area contributed by atoms with Crippen LogP contribution in [0.2, 0.25) is 0 Å². The van der Waals surface area contributed by atoms with Crippen LogP contribution in [0.4, 0.5) is 16.5 Å². The second kappa shape index (κ2) is 7.77. The molecule has 2 heterocycles. The highest BCUT2D eigenvalue weighted by Gasteiger charge is 2.16. The van der Waals surface area contributed by atoms with Crippen molar-refractivity contribution in [3.05, 3.63) is 53.5 Å². The van der Waals surface area contributed by atoms with Crippen molar-refractivity contribution in [1.29, 1.82) is 0 Å². The lowest BCUT2D eigenvalue weighted by Crippen LogP contribution is -2.14. The normalized spacial score (nSPS) is 12.1. The minimum Gasteiger partial charge on any atom is -0.489 e. The van der Waals surface area contributed by atoms with Crippen molar-refractivity contribution in [2.24, 2.45) is 0 Å². The second-order valence-electron chi connectivity index (χ2n) is 6.35. The van der Waals surface area contributed by atoms with Crippen molar-refractivity contribution >= 4 is 33.8 Å². The Hall–Kier alpha value is -3.26. The lowest BCUT2D eigenvalue weighted by molar-refractivity contribution is 0.102. The Labute approximate surface area is 166 Å². The molecule has 7 nitrogen and oxygen atoms in total. The van der Waals surface area contributed by atoms with E-state index in [4.69, 9.17) is 14.2 Å². The van der Waals surface area contributed by atoms with Crippen molar-refractivity contribution in [2.75, 3.05) is 17.4 Å². The first-order valence-corrected chi connectivity index (χ1v) is 9.66. The Balaban J connectivity index is 1.45. The molecule has 0 fully saturated rings. The van der Waals surface area contributed by atoms with Crippen molar-refractivity contribution in [3.8, 4) is 17.2 Å². The van der Waals surface area contributed by atoms with Gasteiger partial charge >= 0.3 is 0 Å². The topological polar surface area (TPSA) is 81.7 Å². The van der Waals surface area contributed by atoms with Crippen LogP contribution in [-0.2, 0) is 0 Å². The van der Waals surface area contributed by atoms with Gasteiger partial charge in [-0.15, -0.1) is 11.3 Å². The van der Waals surface area contributed by atoms with Crippen LogP contribution in [0.3, 0.4) is 0 Å². The number of rotatable bonds is 6. The van der Waals surface area contributed by atoms with Crippen LogP contribution in [0.15, 0.2) is 47.8 Å². The fourth-order valence-electron chi connectivity index (χ4n) is 2.65. The molecule has 8 heteroatoms. The summed E-state index contributed by atoms with van der Waals surface area (Å²) in [5, 5.41) is 8.35. The smallest absolute Gasteiger partial charge is 0.275 e. The molecule has 2 aromatic carbocycles. The summed E-state index contributed by atoms with van der Waals surface area (Å²) < 4.78 is 16.4. The van der Waals surface area contributed by atoms with Gasteiger partial charge in [-0.25, -0.2) is 4.98 Å². The zero-order valence-electron chi connectivity index (χ0n) is 15.4. The monoisotopic (exact) mass is 397 g/mol. The third kappa shape index (κ3) is 4.01. The summed E-state index contributed by atoms with van der Waals surface area (Å²) >= 11 is 1.35. The first kappa shape index (κ1) is 18.1. The summed E-state index contributed by atoms with van der Waals surface area (Å²) in [6.07, 6.45) is 0.00910. The van der Waals surface area contributed by atoms with Crippen LogP contribution in [-0.4, -0.2) is 23.8 Å². The van der Waals surface area contributed by atoms with Gasteiger partial charge in [0.2, 0.25) is 6.79 Å². The first-order valence-electron chi connectivity index (χ1n) is 8.78. The van der Waals surface area contributed by atoms with E-state index in [1.807, 2.05) is 50.2 Å². The van der Waals surface area contributed by atoms with E-state index in [0.717, 1.165) is 5.69 Å². The fraction of sp³-hybridized carbons (Fsp3) is 0.200. The molecule has 0 saturated heterocycles. The molecule has 1 amide bonds. The van der Waals surface area contributed by atoms with E-state index in [9.17, 15) is 4.79 Å². The number of para-hydroxylation sites is 2. The van der Waals surface area contributed by atoms with Gasteiger partial charge in [-0.05, 0) is 38.1 Å². The molecule has 0 unspecified atom stereocenters. The van der Waals surface area contributed by atoms with Gasteiger partial charge in [0.05, 0.1) is 11.8 Å². The predicted molar refractivity (Wildman–Crippen MR) is 108 cm³/mol. The number of aromatic nitrogens is 1. The van der Waals surface area contributed by atoms with Crippen LogP contribution in [0, 0.1) is 0 Å². The molecule has 0 bridgehead atoms. The van der Waals surface area contributed by atoms with Gasteiger partial charge in [-0.1, -0.05) is 12.1 Å². The minimum absolute atomic E-state index is 0.00910. The maximum absolute atomic E-state index is 12.6. The highest BCUT2D eigenvalue weighted by molar-refractivity contribution is 7.14.